The lowest BCUT2D eigenvalue weighted by molar-refractivity contribution is -0.144. The molecule has 2 atom stereocenters. The number of hydrogen-bond acceptors (Lipinski definition) is 2. The summed E-state index contributed by atoms with van der Waals surface area (Å²) >= 11 is 0. The van der Waals surface area contributed by atoms with Crippen LogP contribution >= 0.6 is 0 Å². The van der Waals surface area contributed by atoms with Gasteiger partial charge in [0.2, 0.25) is 0 Å². The molecule has 1 fully saturated rings. The third-order valence-electron chi connectivity index (χ3n) is 3.73. The molecule has 1 N–H and O–H groups in total. The number of alkyl halides is 3. The van der Waals surface area contributed by atoms with Crippen molar-refractivity contribution in [3.8, 4) is 0 Å². The van der Waals surface area contributed by atoms with Crippen LogP contribution in [0.3, 0.4) is 0 Å². The molecule has 1 saturated heterocycles. The largest absolute Gasteiger partial charge is 0.416 e. The fourth-order valence-corrected chi connectivity index (χ4v) is 2.68. The van der Waals surface area contributed by atoms with E-state index in [0.717, 1.165) is 12.5 Å². The van der Waals surface area contributed by atoms with Crippen LogP contribution in [0.1, 0.15) is 30.9 Å². The lowest BCUT2D eigenvalue weighted by atomic mass is 9.83. The fourth-order valence-electron chi connectivity index (χ4n) is 2.68. The highest BCUT2D eigenvalue weighted by atomic mass is 19.4. The summed E-state index contributed by atoms with van der Waals surface area (Å²) in [5, 5.41) is 3.13. The summed E-state index contributed by atoms with van der Waals surface area (Å²) in [7, 11) is 1.83. The van der Waals surface area contributed by atoms with Crippen LogP contribution < -0.4 is 5.32 Å². The lowest BCUT2D eigenvalue weighted by Gasteiger charge is -2.39. The van der Waals surface area contributed by atoms with E-state index in [-0.39, 0.29) is 11.6 Å². The summed E-state index contributed by atoms with van der Waals surface area (Å²) in [4.78, 5) is 0. The summed E-state index contributed by atoms with van der Waals surface area (Å²) < 4.78 is 44.9. The van der Waals surface area contributed by atoms with E-state index in [1.807, 2.05) is 7.05 Å². The normalized spacial score (nSPS) is 28.4. The van der Waals surface area contributed by atoms with E-state index in [2.05, 4.69) is 5.32 Å². The van der Waals surface area contributed by atoms with E-state index in [4.69, 9.17) is 4.74 Å². The number of hydrogen-bond donors (Lipinski definition) is 1. The zero-order valence-electron chi connectivity index (χ0n) is 11.1. The molecule has 1 heterocycles. The molecule has 19 heavy (non-hydrogen) atoms. The third-order valence-corrected chi connectivity index (χ3v) is 3.73. The van der Waals surface area contributed by atoms with Crippen molar-refractivity contribution in [1.82, 2.24) is 5.32 Å². The number of halogens is 3. The van der Waals surface area contributed by atoms with E-state index in [1.54, 1.807) is 13.0 Å². The second-order valence-corrected chi connectivity index (χ2v) is 5.10. The SMILES string of the molecule is CNC1CCOC(C)(c2ccccc2C(F)(F)F)C1. The van der Waals surface area contributed by atoms with Crippen LogP contribution in [0.5, 0.6) is 0 Å². The molecule has 106 valence electrons. The molecule has 0 aromatic heterocycles. The molecule has 0 spiro atoms. The highest BCUT2D eigenvalue weighted by Gasteiger charge is 2.42. The van der Waals surface area contributed by atoms with Gasteiger partial charge in [-0.05, 0) is 38.4 Å². The predicted octanol–water partition coefficient (Wildman–Crippen LogP) is 3.32. The first-order valence-corrected chi connectivity index (χ1v) is 6.35. The number of benzene rings is 1. The molecule has 1 aliphatic rings. The number of nitrogens with one attached hydrogen (secondary N) is 1. The van der Waals surface area contributed by atoms with Crippen molar-refractivity contribution >= 4 is 0 Å². The Morgan fingerprint density at radius 1 is 1.32 bits per heavy atom. The summed E-state index contributed by atoms with van der Waals surface area (Å²) in [6.07, 6.45) is -2.99. The van der Waals surface area contributed by atoms with Crippen molar-refractivity contribution < 1.29 is 17.9 Å². The van der Waals surface area contributed by atoms with Crippen molar-refractivity contribution in [3.63, 3.8) is 0 Å². The van der Waals surface area contributed by atoms with Crippen molar-refractivity contribution in [2.45, 2.75) is 37.6 Å². The predicted molar refractivity (Wildman–Crippen MR) is 66.8 cm³/mol. The molecule has 2 unspecified atom stereocenters. The van der Waals surface area contributed by atoms with Crippen LogP contribution in [0.4, 0.5) is 13.2 Å². The van der Waals surface area contributed by atoms with Gasteiger partial charge in [-0.1, -0.05) is 18.2 Å². The van der Waals surface area contributed by atoms with Gasteiger partial charge in [-0.3, -0.25) is 0 Å². The Labute approximate surface area is 111 Å². The molecule has 0 aliphatic carbocycles. The fraction of sp³-hybridized carbons (Fsp3) is 0.571. The Kier molecular flexibility index (Phi) is 3.87. The maximum Gasteiger partial charge on any atom is 0.416 e. The smallest absolute Gasteiger partial charge is 0.370 e. The molecule has 1 aromatic carbocycles. The minimum absolute atomic E-state index is 0.181. The Bertz CT molecular complexity index is 447. The summed E-state index contributed by atoms with van der Waals surface area (Å²) in [5.41, 5.74) is -1.27. The quantitative estimate of drug-likeness (QED) is 0.892. The number of rotatable bonds is 2. The molecule has 0 radical (unpaired) electrons. The van der Waals surface area contributed by atoms with Gasteiger partial charge in [-0.2, -0.15) is 13.2 Å². The number of ether oxygens (including phenoxy) is 1. The van der Waals surface area contributed by atoms with Crippen molar-refractivity contribution in [3.05, 3.63) is 35.4 Å². The van der Waals surface area contributed by atoms with Crippen molar-refractivity contribution in [1.29, 1.82) is 0 Å². The molecule has 0 bridgehead atoms. The van der Waals surface area contributed by atoms with Crippen LogP contribution in [0.2, 0.25) is 0 Å². The van der Waals surface area contributed by atoms with E-state index in [9.17, 15) is 13.2 Å². The molecule has 5 heteroatoms. The first kappa shape index (κ1) is 14.3. The second kappa shape index (κ2) is 5.13. The van der Waals surface area contributed by atoms with Crippen LogP contribution in [0.15, 0.2) is 24.3 Å². The third kappa shape index (κ3) is 2.92. The van der Waals surface area contributed by atoms with Crippen molar-refractivity contribution in [2.75, 3.05) is 13.7 Å². The van der Waals surface area contributed by atoms with Gasteiger partial charge in [0.05, 0.1) is 11.2 Å². The first-order valence-electron chi connectivity index (χ1n) is 6.35. The lowest BCUT2D eigenvalue weighted by Crippen LogP contribution is -2.43. The molecule has 1 aliphatic heterocycles. The average molecular weight is 273 g/mol. The van der Waals surface area contributed by atoms with Crippen LogP contribution in [0.25, 0.3) is 0 Å². The zero-order valence-corrected chi connectivity index (χ0v) is 11.1. The molecule has 0 amide bonds. The Hall–Kier alpha value is -1.07. The zero-order chi connectivity index (χ0) is 14.1. The Balaban J connectivity index is 2.40. The van der Waals surface area contributed by atoms with Gasteiger partial charge in [0, 0.05) is 12.6 Å². The minimum Gasteiger partial charge on any atom is -0.370 e. The summed E-state index contributed by atoms with van der Waals surface area (Å²) in [6.45, 7) is 2.20. The highest BCUT2D eigenvalue weighted by molar-refractivity contribution is 5.34. The van der Waals surface area contributed by atoms with E-state index >= 15 is 0 Å². The molecule has 0 saturated carbocycles. The maximum atomic E-state index is 13.1. The molecular formula is C14H18F3NO. The monoisotopic (exact) mass is 273 g/mol. The molecule has 2 rings (SSSR count). The summed E-state index contributed by atoms with van der Waals surface area (Å²) in [6, 6.07) is 5.85. The van der Waals surface area contributed by atoms with E-state index in [0.29, 0.717) is 13.0 Å². The Morgan fingerprint density at radius 3 is 2.63 bits per heavy atom. The van der Waals surface area contributed by atoms with Gasteiger partial charge in [0.25, 0.3) is 0 Å². The Morgan fingerprint density at radius 2 is 2.00 bits per heavy atom. The van der Waals surface area contributed by atoms with Gasteiger partial charge in [0.15, 0.2) is 0 Å². The van der Waals surface area contributed by atoms with Crippen LogP contribution in [0, 0.1) is 0 Å². The van der Waals surface area contributed by atoms with Gasteiger partial charge in [0.1, 0.15) is 0 Å². The minimum atomic E-state index is -4.35. The second-order valence-electron chi connectivity index (χ2n) is 5.10. The van der Waals surface area contributed by atoms with Gasteiger partial charge in [-0.15, -0.1) is 0 Å². The topological polar surface area (TPSA) is 21.3 Å². The molecule has 1 aromatic rings. The van der Waals surface area contributed by atoms with E-state index in [1.165, 1.54) is 12.1 Å². The highest BCUT2D eigenvalue weighted by Crippen LogP contribution is 2.42. The molecular weight excluding hydrogens is 255 g/mol. The standard InChI is InChI=1S/C14H18F3NO/c1-13(9-10(18-2)7-8-19-13)11-5-3-4-6-12(11)14(15,16)17/h3-6,10,18H,7-9H2,1-2H3. The molecule has 2 nitrogen and oxygen atoms in total. The van der Waals surface area contributed by atoms with Gasteiger partial charge >= 0.3 is 6.18 Å². The average Bonchev–Trinajstić information content (AvgIpc) is 2.38. The van der Waals surface area contributed by atoms with Gasteiger partial charge < -0.3 is 10.1 Å². The van der Waals surface area contributed by atoms with Crippen LogP contribution in [-0.2, 0) is 16.5 Å². The van der Waals surface area contributed by atoms with Crippen LogP contribution in [-0.4, -0.2) is 19.7 Å². The van der Waals surface area contributed by atoms with Gasteiger partial charge in [-0.25, -0.2) is 0 Å². The first-order chi connectivity index (χ1) is 8.87. The van der Waals surface area contributed by atoms with Crippen molar-refractivity contribution in [2.24, 2.45) is 0 Å². The van der Waals surface area contributed by atoms with E-state index < -0.39 is 17.3 Å². The maximum absolute atomic E-state index is 13.1. The summed E-state index contributed by atoms with van der Waals surface area (Å²) in [5.74, 6) is 0.